The number of fused-ring (bicyclic) bond motifs is 1. The Labute approximate surface area is 243 Å². The van der Waals surface area contributed by atoms with E-state index in [2.05, 4.69) is 36.2 Å². The summed E-state index contributed by atoms with van der Waals surface area (Å²) in [6, 6.07) is 14.7. The van der Waals surface area contributed by atoms with Crippen LogP contribution in [0.4, 0.5) is 5.95 Å². The van der Waals surface area contributed by atoms with Crippen LogP contribution in [0.3, 0.4) is 0 Å². The van der Waals surface area contributed by atoms with Crippen LogP contribution >= 0.6 is 11.3 Å². The van der Waals surface area contributed by atoms with Crippen molar-refractivity contribution in [2.24, 2.45) is 11.0 Å². The Morgan fingerprint density at radius 2 is 1.85 bits per heavy atom. The lowest BCUT2D eigenvalue weighted by molar-refractivity contribution is 0.203. The molecule has 0 aliphatic carbocycles. The maximum atomic E-state index is 11.9. The first-order valence-electron chi connectivity index (χ1n) is 13.2. The van der Waals surface area contributed by atoms with E-state index in [9.17, 15) is 13.7 Å². The van der Waals surface area contributed by atoms with Crippen LogP contribution in [-0.2, 0) is 16.6 Å². The van der Waals surface area contributed by atoms with Crippen molar-refractivity contribution < 1.29 is 13.2 Å². The first-order valence-corrected chi connectivity index (χ1v) is 15.6. The molecule has 0 amide bonds. The van der Waals surface area contributed by atoms with E-state index in [1.54, 1.807) is 24.3 Å². The maximum absolute atomic E-state index is 11.9. The number of anilines is 1. The number of sulfonamides is 1. The van der Waals surface area contributed by atoms with Crippen molar-refractivity contribution >= 4 is 43.7 Å². The van der Waals surface area contributed by atoms with Crippen LogP contribution in [0.15, 0.2) is 57.8 Å². The van der Waals surface area contributed by atoms with Crippen LogP contribution in [-0.4, -0.2) is 49.6 Å². The number of hydrogen-bond donors (Lipinski definition) is 2. The van der Waals surface area contributed by atoms with Crippen molar-refractivity contribution in [3.05, 3.63) is 70.1 Å². The summed E-state index contributed by atoms with van der Waals surface area (Å²) in [6.07, 6.45) is 3.85. The van der Waals surface area contributed by atoms with Gasteiger partial charge in [0.25, 0.3) is 0 Å². The van der Waals surface area contributed by atoms with Gasteiger partial charge in [-0.1, -0.05) is 12.1 Å². The van der Waals surface area contributed by atoms with Crippen molar-refractivity contribution in [3.8, 4) is 17.7 Å². The molecule has 3 heterocycles. The van der Waals surface area contributed by atoms with E-state index in [0.29, 0.717) is 29.1 Å². The van der Waals surface area contributed by atoms with Gasteiger partial charge in [-0.2, -0.15) is 15.3 Å². The molecule has 0 atom stereocenters. The summed E-state index contributed by atoms with van der Waals surface area (Å²) >= 11 is 1.51. The molecule has 212 valence electrons. The number of hydrogen-bond acceptors (Lipinski definition) is 10. The van der Waals surface area contributed by atoms with Gasteiger partial charge < -0.3 is 4.74 Å². The van der Waals surface area contributed by atoms with Crippen LogP contribution in [0.2, 0.25) is 0 Å². The van der Waals surface area contributed by atoms with Crippen molar-refractivity contribution in [1.29, 1.82) is 5.26 Å². The fourth-order valence-corrected chi connectivity index (χ4v) is 6.32. The van der Waals surface area contributed by atoms with E-state index in [4.69, 9.17) is 4.74 Å². The minimum absolute atomic E-state index is 0.270. The highest BCUT2D eigenvalue weighted by molar-refractivity contribution is 7.89. The number of benzene rings is 2. The summed E-state index contributed by atoms with van der Waals surface area (Å²) in [6.45, 7) is 6.45. The van der Waals surface area contributed by atoms with Gasteiger partial charge in [0.05, 0.1) is 22.0 Å². The third-order valence-corrected chi connectivity index (χ3v) is 9.37. The van der Waals surface area contributed by atoms with Crippen molar-refractivity contribution in [3.63, 3.8) is 0 Å². The number of hydrazone groups is 1. The molecule has 2 N–H and O–H groups in total. The van der Waals surface area contributed by atoms with Gasteiger partial charge in [0.2, 0.25) is 21.9 Å². The van der Waals surface area contributed by atoms with Crippen LogP contribution < -0.4 is 14.9 Å². The predicted molar refractivity (Wildman–Crippen MR) is 161 cm³/mol. The second-order valence-electron chi connectivity index (χ2n) is 10.00. The standard InChI is InChI=1S/C29H31N7O3S2/c1-19-14-23(16-30)15-20(2)26(19)39-28-27-25(10-13-40-27)33-29(34-28)35-32-17-21-8-11-36(12-9-21)18-22-4-6-24(7-5-22)41(37,38)31-3/h4-7,10,13-15,17,21,31H,8-9,11-12,18H2,1-3H3,(H,33,34,35)/b32-17+. The van der Waals surface area contributed by atoms with E-state index in [0.717, 1.165) is 59.4 Å². The van der Waals surface area contributed by atoms with Gasteiger partial charge in [0, 0.05) is 12.8 Å². The van der Waals surface area contributed by atoms with Crippen molar-refractivity contribution in [2.45, 2.75) is 38.1 Å². The van der Waals surface area contributed by atoms with Gasteiger partial charge in [-0.05, 0) is 105 Å². The molecule has 1 fully saturated rings. The molecule has 1 saturated heterocycles. The topological polar surface area (TPSA) is 133 Å². The van der Waals surface area contributed by atoms with Gasteiger partial charge in [-0.15, -0.1) is 11.3 Å². The number of rotatable bonds is 9. The monoisotopic (exact) mass is 589 g/mol. The molecule has 41 heavy (non-hydrogen) atoms. The van der Waals surface area contributed by atoms with Gasteiger partial charge >= 0.3 is 0 Å². The van der Waals surface area contributed by atoms with Crippen LogP contribution in [0.25, 0.3) is 10.2 Å². The molecule has 0 unspecified atom stereocenters. The number of nitrogens with zero attached hydrogens (tertiary/aromatic N) is 5. The Bertz CT molecular complexity index is 1700. The molecule has 1 aliphatic rings. The summed E-state index contributed by atoms with van der Waals surface area (Å²) in [5.41, 5.74) is 7.15. The van der Waals surface area contributed by atoms with E-state index in [1.165, 1.54) is 18.4 Å². The summed E-state index contributed by atoms with van der Waals surface area (Å²) in [5, 5.41) is 15.6. The molecule has 0 saturated carbocycles. The molecular formula is C29H31N7O3S2. The summed E-state index contributed by atoms with van der Waals surface area (Å²) in [4.78, 5) is 11.8. The third kappa shape index (κ3) is 6.71. The lowest BCUT2D eigenvalue weighted by atomic mass is 9.98. The average molecular weight is 590 g/mol. The quantitative estimate of drug-likeness (QED) is 0.201. The number of likely N-dealkylation sites (tertiary alicyclic amines) is 1. The van der Waals surface area contributed by atoms with Gasteiger partial charge in [-0.25, -0.2) is 23.5 Å². The van der Waals surface area contributed by atoms with Crippen molar-refractivity contribution in [1.82, 2.24) is 19.6 Å². The minimum atomic E-state index is -3.42. The molecule has 0 bridgehead atoms. The zero-order valence-electron chi connectivity index (χ0n) is 23.1. The van der Waals surface area contributed by atoms with E-state index >= 15 is 0 Å². The molecule has 10 nitrogen and oxygen atoms in total. The summed E-state index contributed by atoms with van der Waals surface area (Å²) in [7, 11) is -2.01. The molecule has 2 aromatic heterocycles. The normalized spacial score (nSPS) is 14.9. The first kappa shape index (κ1) is 28.6. The number of aryl methyl sites for hydroxylation is 2. The van der Waals surface area contributed by atoms with E-state index < -0.39 is 10.0 Å². The minimum Gasteiger partial charge on any atom is -0.437 e. The second kappa shape index (κ2) is 12.3. The zero-order chi connectivity index (χ0) is 29.0. The maximum Gasteiger partial charge on any atom is 0.247 e. The molecule has 5 rings (SSSR count). The Kier molecular flexibility index (Phi) is 8.60. The molecule has 2 aromatic carbocycles. The largest absolute Gasteiger partial charge is 0.437 e. The lowest BCUT2D eigenvalue weighted by Gasteiger charge is -2.30. The molecule has 0 radical (unpaired) electrons. The Balaban J connectivity index is 1.19. The fraction of sp³-hybridized carbons (Fsp3) is 0.310. The molecule has 0 spiro atoms. The smallest absolute Gasteiger partial charge is 0.247 e. The van der Waals surface area contributed by atoms with E-state index in [-0.39, 0.29) is 4.90 Å². The van der Waals surface area contributed by atoms with Crippen LogP contribution in [0.1, 0.15) is 35.1 Å². The Morgan fingerprint density at radius 3 is 2.51 bits per heavy atom. The SMILES string of the molecule is CNS(=O)(=O)c1ccc(CN2CCC(/C=N/Nc3nc(Oc4c(C)cc(C#N)cc4C)c4sccc4n3)CC2)cc1. The molecular weight excluding hydrogens is 558 g/mol. The molecule has 4 aromatic rings. The molecule has 12 heteroatoms. The third-order valence-electron chi connectivity index (χ3n) is 7.05. The number of thiophene rings is 1. The first-order chi connectivity index (χ1) is 19.8. The van der Waals surface area contributed by atoms with Crippen LogP contribution in [0.5, 0.6) is 11.6 Å². The fourth-order valence-electron chi connectivity index (χ4n) is 4.84. The lowest BCUT2D eigenvalue weighted by Crippen LogP contribution is -2.33. The summed E-state index contributed by atoms with van der Waals surface area (Å²) < 4.78 is 33.3. The average Bonchev–Trinajstić information content (AvgIpc) is 3.45. The number of ether oxygens (including phenoxy) is 1. The van der Waals surface area contributed by atoms with Gasteiger partial charge in [0.15, 0.2) is 0 Å². The second-order valence-corrected chi connectivity index (χ2v) is 12.8. The highest BCUT2D eigenvalue weighted by Gasteiger charge is 2.19. The van der Waals surface area contributed by atoms with Gasteiger partial charge in [-0.3, -0.25) is 4.90 Å². The Morgan fingerprint density at radius 1 is 1.15 bits per heavy atom. The van der Waals surface area contributed by atoms with E-state index in [1.807, 2.05) is 43.6 Å². The zero-order valence-corrected chi connectivity index (χ0v) is 24.7. The number of aromatic nitrogens is 2. The number of nitrogens with one attached hydrogen (secondary N) is 2. The highest BCUT2D eigenvalue weighted by atomic mass is 32.2. The summed E-state index contributed by atoms with van der Waals surface area (Å²) in [5.74, 6) is 1.81. The number of piperidine rings is 1. The van der Waals surface area contributed by atoms with Crippen molar-refractivity contribution in [2.75, 3.05) is 25.6 Å². The van der Waals surface area contributed by atoms with Crippen LogP contribution in [0, 0.1) is 31.1 Å². The molecule has 1 aliphatic heterocycles. The predicted octanol–water partition coefficient (Wildman–Crippen LogP) is 5.19. The van der Waals surface area contributed by atoms with Gasteiger partial charge in [0.1, 0.15) is 10.4 Å². The number of nitriles is 1. The Hall–Kier alpha value is -3.89. The highest BCUT2D eigenvalue weighted by Crippen LogP contribution is 2.35.